The fourth-order valence-electron chi connectivity index (χ4n) is 5.12. The summed E-state index contributed by atoms with van der Waals surface area (Å²) in [6.45, 7) is 4.91. The van der Waals surface area contributed by atoms with Crippen LogP contribution in [0.15, 0.2) is 60.7 Å². The number of likely N-dealkylation sites (tertiary alicyclic amines) is 2. The summed E-state index contributed by atoms with van der Waals surface area (Å²) in [4.78, 5) is 17.3. The maximum atomic E-state index is 12.9. The number of hydrogen-bond acceptors (Lipinski definition) is 4. The first-order valence-electron chi connectivity index (χ1n) is 11.0. The lowest BCUT2D eigenvalue weighted by Gasteiger charge is -2.29. The summed E-state index contributed by atoms with van der Waals surface area (Å²) in [5.41, 5.74) is 1.48. The van der Waals surface area contributed by atoms with Gasteiger partial charge in [0.2, 0.25) is 5.91 Å². The summed E-state index contributed by atoms with van der Waals surface area (Å²) in [7, 11) is 0. The summed E-state index contributed by atoms with van der Waals surface area (Å²) >= 11 is 0. The number of aliphatic hydroxyl groups excluding tert-OH is 1. The van der Waals surface area contributed by atoms with Gasteiger partial charge < -0.3 is 19.6 Å². The Morgan fingerprint density at radius 2 is 1.77 bits per heavy atom. The molecule has 5 heteroatoms. The van der Waals surface area contributed by atoms with Gasteiger partial charge in [-0.1, -0.05) is 48.5 Å². The van der Waals surface area contributed by atoms with E-state index in [1.807, 2.05) is 30.3 Å². The van der Waals surface area contributed by atoms with E-state index in [2.05, 4.69) is 40.1 Å². The van der Waals surface area contributed by atoms with Gasteiger partial charge in [-0.05, 0) is 36.5 Å². The molecule has 1 amide bonds. The number of rotatable bonds is 9. The first kappa shape index (κ1) is 20.9. The lowest BCUT2D eigenvalue weighted by atomic mass is 9.76. The number of carbonyl (C=O) groups is 1. The number of aliphatic hydroxyl groups is 1. The molecule has 1 N–H and O–H groups in total. The van der Waals surface area contributed by atoms with E-state index in [9.17, 15) is 9.90 Å². The molecule has 2 saturated heterocycles. The van der Waals surface area contributed by atoms with E-state index in [1.54, 1.807) is 0 Å². The highest BCUT2D eigenvalue weighted by Crippen LogP contribution is 2.45. The molecule has 0 aromatic heterocycles. The van der Waals surface area contributed by atoms with E-state index >= 15 is 0 Å². The molecule has 4 rings (SSSR count). The maximum Gasteiger partial charge on any atom is 0.226 e. The molecule has 2 atom stereocenters. The molecular weight excluding hydrogens is 376 g/mol. The van der Waals surface area contributed by atoms with Crippen LogP contribution in [0.4, 0.5) is 0 Å². The van der Waals surface area contributed by atoms with Crippen LogP contribution in [-0.2, 0) is 11.2 Å². The quantitative estimate of drug-likeness (QED) is 0.693. The van der Waals surface area contributed by atoms with Crippen molar-refractivity contribution in [3.63, 3.8) is 0 Å². The van der Waals surface area contributed by atoms with Gasteiger partial charge in [0, 0.05) is 38.1 Å². The van der Waals surface area contributed by atoms with Crippen LogP contribution in [0.2, 0.25) is 0 Å². The van der Waals surface area contributed by atoms with Crippen molar-refractivity contribution in [1.82, 2.24) is 9.80 Å². The number of benzene rings is 2. The van der Waals surface area contributed by atoms with Gasteiger partial charge >= 0.3 is 0 Å². The van der Waals surface area contributed by atoms with Crippen molar-refractivity contribution in [1.29, 1.82) is 0 Å². The summed E-state index contributed by atoms with van der Waals surface area (Å²) in [6.07, 6.45) is 2.52. The van der Waals surface area contributed by atoms with Gasteiger partial charge in [0.05, 0.1) is 19.6 Å². The summed E-state index contributed by atoms with van der Waals surface area (Å²) in [5.74, 6) is 1.47. The average Bonchev–Trinajstić information content (AvgIpc) is 3.28. The SMILES string of the molecule is O=C(CCOc1ccccc1)N1C[C@@H]2CN(CCO)C[C@]2(CCc2ccccc2)C1. The third kappa shape index (κ3) is 4.85. The van der Waals surface area contributed by atoms with Crippen molar-refractivity contribution in [2.45, 2.75) is 19.3 Å². The molecule has 0 aliphatic carbocycles. The zero-order chi connectivity index (χ0) is 20.8. The Kier molecular flexibility index (Phi) is 6.70. The average molecular weight is 409 g/mol. The molecule has 5 nitrogen and oxygen atoms in total. The van der Waals surface area contributed by atoms with Crippen LogP contribution in [0, 0.1) is 11.3 Å². The topological polar surface area (TPSA) is 53.0 Å². The first-order chi connectivity index (χ1) is 14.7. The van der Waals surface area contributed by atoms with Crippen LogP contribution < -0.4 is 4.74 Å². The van der Waals surface area contributed by atoms with Crippen molar-refractivity contribution in [2.75, 3.05) is 45.9 Å². The number of amides is 1. The van der Waals surface area contributed by atoms with Crippen LogP contribution in [0.25, 0.3) is 0 Å². The van der Waals surface area contributed by atoms with Crippen LogP contribution in [0.3, 0.4) is 0 Å². The zero-order valence-electron chi connectivity index (χ0n) is 17.6. The molecule has 0 bridgehead atoms. The van der Waals surface area contributed by atoms with Crippen molar-refractivity contribution in [2.24, 2.45) is 11.3 Å². The molecule has 0 radical (unpaired) electrons. The Bertz CT molecular complexity index is 814. The Labute approximate surface area is 179 Å². The molecule has 0 saturated carbocycles. The highest BCUT2D eigenvalue weighted by Gasteiger charge is 2.52. The van der Waals surface area contributed by atoms with Crippen LogP contribution >= 0.6 is 0 Å². The zero-order valence-corrected chi connectivity index (χ0v) is 17.6. The molecule has 0 unspecified atom stereocenters. The number of aryl methyl sites for hydroxylation is 1. The summed E-state index contributed by atoms with van der Waals surface area (Å²) in [5, 5.41) is 9.39. The predicted molar refractivity (Wildman–Crippen MR) is 117 cm³/mol. The van der Waals surface area contributed by atoms with Crippen LogP contribution in [0.1, 0.15) is 18.4 Å². The molecule has 2 fully saturated rings. The smallest absolute Gasteiger partial charge is 0.226 e. The Morgan fingerprint density at radius 3 is 2.50 bits per heavy atom. The maximum absolute atomic E-state index is 12.9. The van der Waals surface area contributed by atoms with Gasteiger partial charge in [-0.15, -0.1) is 0 Å². The van der Waals surface area contributed by atoms with Crippen molar-refractivity contribution in [3.05, 3.63) is 66.2 Å². The second-order valence-electron chi connectivity index (χ2n) is 8.69. The summed E-state index contributed by atoms with van der Waals surface area (Å²) in [6, 6.07) is 20.3. The van der Waals surface area contributed by atoms with Gasteiger partial charge in [-0.3, -0.25) is 4.79 Å². The van der Waals surface area contributed by atoms with Gasteiger partial charge in [-0.25, -0.2) is 0 Å². The summed E-state index contributed by atoms with van der Waals surface area (Å²) < 4.78 is 5.73. The fraction of sp³-hybridized carbons (Fsp3) is 0.480. The van der Waals surface area contributed by atoms with Crippen LogP contribution in [-0.4, -0.2) is 66.8 Å². The van der Waals surface area contributed by atoms with E-state index in [-0.39, 0.29) is 17.9 Å². The largest absolute Gasteiger partial charge is 0.493 e. The molecule has 2 aliphatic heterocycles. The highest BCUT2D eigenvalue weighted by atomic mass is 16.5. The number of carbonyl (C=O) groups excluding carboxylic acids is 1. The molecule has 2 aliphatic rings. The number of hydrogen-bond donors (Lipinski definition) is 1. The number of β-amino-alcohol motifs (C(OH)–C–C–N with tert-alkyl or cyclic N) is 1. The molecule has 160 valence electrons. The number of nitrogens with zero attached hydrogens (tertiary/aromatic N) is 2. The second kappa shape index (κ2) is 9.63. The lowest BCUT2D eigenvalue weighted by molar-refractivity contribution is -0.131. The first-order valence-corrected chi connectivity index (χ1v) is 11.0. The second-order valence-corrected chi connectivity index (χ2v) is 8.69. The van der Waals surface area contributed by atoms with Gasteiger partial charge in [0.1, 0.15) is 5.75 Å². The predicted octanol–water partition coefficient (Wildman–Crippen LogP) is 2.84. The third-order valence-electron chi connectivity index (χ3n) is 6.68. The molecule has 2 heterocycles. The Morgan fingerprint density at radius 1 is 1.03 bits per heavy atom. The minimum Gasteiger partial charge on any atom is -0.493 e. The fourth-order valence-corrected chi connectivity index (χ4v) is 5.12. The monoisotopic (exact) mass is 408 g/mol. The minimum atomic E-state index is 0.126. The van der Waals surface area contributed by atoms with E-state index in [1.165, 1.54) is 5.56 Å². The lowest BCUT2D eigenvalue weighted by Crippen LogP contribution is -2.38. The standard InChI is InChI=1S/C25H32N2O3/c28-15-14-26-17-22-18-27(24(29)12-16-30-23-9-5-2-6-10-23)20-25(22,19-26)13-11-21-7-3-1-4-8-21/h1-10,22,28H,11-20H2/t22-,25+/m0/s1. The molecule has 2 aromatic carbocycles. The van der Waals surface area contributed by atoms with Gasteiger partial charge in [0.25, 0.3) is 0 Å². The van der Waals surface area contributed by atoms with E-state index in [0.29, 0.717) is 18.9 Å². The molecule has 0 spiro atoms. The van der Waals surface area contributed by atoms with E-state index in [4.69, 9.17) is 4.74 Å². The van der Waals surface area contributed by atoms with Crippen molar-refractivity contribution in [3.8, 4) is 5.75 Å². The van der Waals surface area contributed by atoms with E-state index < -0.39 is 0 Å². The van der Waals surface area contributed by atoms with Gasteiger partial charge in [-0.2, -0.15) is 0 Å². The number of para-hydroxylation sites is 1. The number of ether oxygens (including phenoxy) is 1. The Balaban J connectivity index is 1.35. The Hall–Kier alpha value is -2.37. The normalized spacial score (nSPS) is 23.5. The minimum absolute atomic E-state index is 0.126. The third-order valence-corrected chi connectivity index (χ3v) is 6.68. The van der Waals surface area contributed by atoms with Gasteiger partial charge in [0.15, 0.2) is 0 Å². The molecule has 30 heavy (non-hydrogen) atoms. The number of fused-ring (bicyclic) bond motifs is 1. The molecular formula is C25H32N2O3. The van der Waals surface area contributed by atoms with Crippen molar-refractivity contribution < 1.29 is 14.6 Å². The van der Waals surface area contributed by atoms with E-state index in [0.717, 1.165) is 51.3 Å². The highest BCUT2D eigenvalue weighted by molar-refractivity contribution is 5.76. The van der Waals surface area contributed by atoms with Crippen LogP contribution in [0.5, 0.6) is 5.75 Å². The molecule has 2 aromatic rings. The van der Waals surface area contributed by atoms with Crippen molar-refractivity contribution >= 4 is 5.91 Å².